The molecule has 0 fully saturated rings. The number of benzene rings is 1. The van der Waals surface area contributed by atoms with Crippen LogP contribution in [0.25, 0.3) is 0 Å². The van der Waals surface area contributed by atoms with Gasteiger partial charge in [-0.1, -0.05) is 43.3 Å². The summed E-state index contributed by atoms with van der Waals surface area (Å²) in [6.07, 6.45) is 0.222. The molecule has 1 N–H and O–H groups in total. The summed E-state index contributed by atoms with van der Waals surface area (Å²) < 4.78 is 1.89. The maximum atomic E-state index is 9.37. The largest absolute Gasteiger partial charge is 0.0623 e. The molecule has 0 saturated carbocycles. The molecule has 0 aliphatic carbocycles. The topological polar surface area (TPSA) is 61.1 Å². The van der Waals surface area contributed by atoms with E-state index < -0.39 is 5.97 Å². The van der Waals surface area contributed by atoms with Gasteiger partial charge < -0.3 is 5.11 Å². The predicted molar refractivity (Wildman–Crippen MR) is 55.7 cm³/mol. The fourth-order valence-corrected chi connectivity index (χ4v) is 0.385. The second kappa shape index (κ2) is 14.7. The Labute approximate surface area is 102 Å². The van der Waals surface area contributed by atoms with Crippen LogP contribution in [-0.2, 0) is 4.79 Å². The first-order valence-electron chi connectivity index (χ1n) is 4.21. The molecule has 0 atom stereocenters. The van der Waals surface area contributed by atoms with Crippen LogP contribution in [0.1, 0.15) is 13.3 Å². The van der Waals surface area contributed by atoms with Crippen molar-refractivity contribution in [3.05, 3.63) is 36.4 Å². The summed E-state index contributed by atoms with van der Waals surface area (Å²) in [5.74, 6) is -0.745. The van der Waals surface area contributed by atoms with Gasteiger partial charge in [-0.2, -0.15) is 0 Å². The van der Waals surface area contributed by atoms with Crippen LogP contribution in [0.4, 0.5) is 0 Å². The maximum Gasteiger partial charge on any atom is -0.0623 e. The van der Waals surface area contributed by atoms with Crippen LogP contribution in [0.15, 0.2) is 36.4 Å². The number of hydrogen-bond acceptors (Lipinski definition) is 2. The van der Waals surface area contributed by atoms with Crippen LogP contribution < -0.4 is 0 Å². The van der Waals surface area contributed by atoms with Gasteiger partial charge in [-0.3, -0.25) is 4.79 Å². The average Bonchev–Trinajstić information content (AvgIpc) is 2.22. The molecule has 1 aromatic rings. The van der Waals surface area contributed by atoms with E-state index in [1.54, 1.807) is 6.92 Å². The van der Waals surface area contributed by atoms with Crippen molar-refractivity contribution in [1.82, 2.24) is 0 Å². The number of carboxylic acids is 1. The number of rotatable bonds is 1. The van der Waals surface area contributed by atoms with E-state index in [0.29, 0.717) is 27.9 Å². The van der Waals surface area contributed by atoms with Gasteiger partial charge in [-0.15, -0.1) is 0 Å². The molecule has 0 radical (unpaired) electrons. The molecule has 0 heterocycles. The number of carbonyl (C=O) groups is 1. The monoisotopic (exact) mass is 201 g/mol. The number of aliphatic carboxylic acids is 1. The first kappa shape index (κ1) is 15.6. The van der Waals surface area contributed by atoms with Crippen LogP contribution in [0.2, 0.25) is 0 Å². The van der Waals surface area contributed by atoms with Crippen molar-refractivity contribution in [1.29, 1.82) is 5.26 Å². The standard InChI is InChI=1S/C6H6.C3H6O2.CN.Na/c1-2-4-6-5-3-1;1-2-3(4)5;1-2;/h1-6H;2H2,1H3,(H,4,5);;. The average molecular weight is 201 g/mol. The second-order valence-electron chi connectivity index (χ2n) is 2.13. The molecule has 3 nitrogen and oxygen atoms in total. The van der Waals surface area contributed by atoms with Crippen molar-refractivity contribution in [3.8, 4) is 3.32 Å². The zero-order valence-electron chi connectivity index (χ0n) is 8.47. The summed E-state index contributed by atoms with van der Waals surface area (Å²) in [6.45, 7) is 1.60. The van der Waals surface area contributed by atoms with Crippen molar-refractivity contribution in [2.24, 2.45) is 0 Å². The van der Waals surface area contributed by atoms with Gasteiger partial charge in [-0.25, -0.2) is 0 Å². The van der Waals surface area contributed by atoms with Crippen molar-refractivity contribution in [2.45, 2.75) is 13.3 Å². The van der Waals surface area contributed by atoms with Gasteiger partial charge in [-0.05, 0) is 0 Å². The van der Waals surface area contributed by atoms with E-state index in [-0.39, 0.29) is 6.42 Å². The smallest absolute Gasteiger partial charge is 0.0623 e. The quantitative estimate of drug-likeness (QED) is 0.705. The molecule has 0 aromatic heterocycles. The number of nitrogens with zero attached hydrogens (tertiary/aromatic N) is 1. The van der Waals surface area contributed by atoms with Crippen molar-refractivity contribution in [3.63, 3.8) is 0 Å². The van der Waals surface area contributed by atoms with Crippen molar-refractivity contribution < 1.29 is 9.90 Å². The molecule has 0 amide bonds. The Morgan fingerprint density at radius 3 is 1.50 bits per heavy atom. The van der Waals surface area contributed by atoms with Crippen LogP contribution in [-0.4, -0.2) is 39.0 Å². The molecular weight excluding hydrogens is 189 g/mol. The molecule has 0 aliphatic heterocycles. The minimum Gasteiger partial charge on any atom is -0.0623 e. The summed E-state index contributed by atoms with van der Waals surface area (Å²) in [4.78, 5) is 9.37. The van der Waals surface area contributed by atoms with E-state index in [2.05, 4.69) is 0 Å². The van der Waals surface area contributed by atoms with Crippen LogP contribution in [0.3, 0.4) is 0 Å². The van der Waals surface area contributed by atoms with E-state index >= 15 is 0 Å². The van der Waals surface area contributed by atoms with E-state index in [1.165, 1.54) is 0 Å². The zero-order chi connectivity index (χ0) is 11.2. The Hall–Kier alpha value is -0.820. The number of nitriles is 1. The van der Waals surface area contributed by atoms with Gasteiger partial charge >= 0.3 is 42.5 Å². The summed E-state index contributed by atoms with van der Waals surface area (Å²) in [5, 5.41) is 15.1. The number of hydrogen-bond donors (Lipinski definition) is 1. The molecule has 70 valence electrons. The first-order valence-corrected chi connectivity index (χ1v) is 5.21. The van der Waals surface area contributed by atoms with Gasteiger partial charge in [0.15, 0.2) is 0 Å². The van der Waals surface area contributed by atoms with Crippen molar-refractivity contribution in [2.75, 3.05) is 0 Å². The third-order valence-corrected chi connectivity index (χ3v) is 0.969. The third kappa shape index (κ3) is 22.5. The Kier molecular flexibility index (Phi) is 16.4. The summed E-state index contributed by atoms with van der Waals surface area (Å²) in [6, 6.07) is 12.0. The van der Waals surface area contributed by atoms with Crippen molar-refractivity contribution >= 4 is 33.9 Å². The Morgan fingerprint density at radius 1 is 1.29 bits per heavy atom. The molecule has 0 bridgehead atoms. The molecule has 14 heavy (non-hydrogen) atoms. The second-order valence-corrected chi connectivity index (χ2v) is 2.57. The fraction of sp³-hybridized carbons (Fsp3) is 0.200. The van der Waals surface area contributed by atoms with Crippen LogP contribution in [0.5, 0.6) is 0 Å². The Balaban J connectivity index is 0. The van der Waals surface area contributed by atoms with E-state index in [0.717, 1.165) is 0 Å². The van der Waals surface area contributed by atoms with Crippen LogP contribution in [0, 0.1) is 8.58 Å². The molecule has 0 unspecified atom stereocenters. The molecule has 0 spiro atoms. The molecule has 4 heteroatoms. The predicted octanol–water partition coefficient (Wildman–Crippen LogP) is 1.80. The Morgan fingerprint density at radius 2 is 1.43 bits per heavy atom. The molecule has 0 saturated heterocycles. The number of carboxylic acid groups (broad SMARTS) is 1. The van der Waals surface area contributed by atoms with Gasteiger partial charge in [0.1, 0.15) is 0 Å². The van der Waals surface area contributed by atoms with E-state index in [1.807, 2.05) is 39.7 Å². The fourth-order valence-electron chi connectivity index (χ4n) is 0.385. The van der Waals surface area contributed by atoms with E-state index in [9.17, 15) is 4.79 Å². The minimum absolute atomic E-state index is 0.222. The molecule has 1 rings (SSSR count). The molecule has 1 aromatic carbocycles. The van der Waals surface area contributed by atoms with Crippen LogP contribution >= 0.6 is 0 Å². The summed E-state index contributed by atoms with van der Waals surface area (Å²) in [7, 11) is 0. The third-order valence-electron chi connectivity index (χ3n) is 0.969. The maximum absolute atomic E-state index is 9.37. The van der Waals surface area contributed by atoms with Gasteiger partial charge in [0.25, 0.3) is 0 Å². The van der Waals surface area contributed by atoms with Gasteiger partial charge in [0, 0.05) is 6.42 Å². The molecular formula is C10H12NNaO2. The minimum atomic E-state index is -0.745. The van der Waals surface area contributed by atoms with Gasteiger partial charge in [0.2, 0.25) is 0 Å². The SMILES string of the molecule is CCC(=O)O.N#[C][Na].c1ccccc1. The van der Waals surface area contributed by atoms with Gasteiger partial charge in [0.05, 0.1) is 0 Å². The summed E-state index contributed by atoms with van der Waals surface area (Å²) in [5.41, 5.74) is 0. The normalized spacial score (nSPS) is 6.71. The zero-order valence-corrected chi connectivity index (χ0v) is 10.5. The Bertz CT molecular complexity index is 230. The summed E-state index contributed by atoms with van der Waals surface area (Å²) >= 11 is 0.674. The molecule has 0 aliphatic rings. The van der Waals surface area contributed by atoms with E-state index in [4.69, 9.17) is 10.4 Å². The first-order chi connectivity index (χ1) is 6.68.